The molecule has 0 aromatic heterocycles. The Kier molecular flexibility index (Phi) is 3.96. The fraction of sp³-hybridized carbons (Fsp3) is 0.200. The Morgan fingerprint density at radius 3 is 2.58 bits per heavy atom. The summed E-state index contributed by atoms with van der Waals surface area (Å²) >= 11 is 6.51. The maximum Gasteiger partial charge on any atom is 0.0338 e. The predicted octanol–water partition coefficient (Wildman–Crippen LogP) is 2.90. The highest BCUT2D eigenvalue weighted by molar-refractivity contribution is 14.1. The van der Waals surface area contributed by atoms with Gasteiger partial charge in [-0.25, -0.2) is 0 Å². The maximum atomic E-state index is 5.23. The van der Waals surface area contributed by atoms with Gasteiger partial charge in [0.2, 0.25) is 0 Å². The molecule has 1 rings (SSSR count). The molecule has 1 aromatic rings. The molecule has 12 heavy (non-hydrogen) atoms. The molecule has 0 aliphatic heterocycles. The second-order valence-corrected chi connectivity index (χ2v) is 4.07. The van der Waals surface area contributed by atoms with Crippen LogP contribution in [-0.4, -0.2) is 0 Å². The van der Waals surface area contributed by atoms with E-state index in [9.17, 15) is 0 Å². The Morgan fingerprint density at radius 1 is 1.33 bits per heavy atom. The molecule has 0 saturated heterocycles. The lowest BCUT2D eigenvalue weighted by atomic mass is 10.1. The first-order chi connectivity index (χ1) is 5.76. The van der Waals surface area contributed by atoms with Crippen molar-refractivity contribution in [2.45, 2.75) is 12.2 Å². The average molecular weight is 288 g/mol. The van der Waals surface area contributed by atoms with Crippen LogP contribution in [0, 0.1) is 15.9 Å². The molecule has 0 unspecified atom stereocenters. The molecule has 0 saturated carbocycles. The number of benzene rings is 1. The van der Waals surface area contributed by atoms with E-state index in [1.54, 1.807) is 0 Å². The molecule has 0 amide bonds. The summed E-state index contributed by atoms with van der Waals surface area (Å²) in [5.41, 5.74) is 2.43. The number of hydrogen-bond acceptors (Lipinski definition) is 1. The van der Waals surface area contributed by atoms with Crippen molar-refractivity contribution in [1.82, 2.24) is 0 Å². The Hall–Kier alpha value is -0.140. The number of rotatable bonds is 2. The molecule has 2 heteroatoms. The predicted molar refractivity (Wildman–Crippen MR) is 64.4 cm³/mol. The molecule has 0 aliphatic rings. The first-order valence-electron chi connectivity index (χ1n) is 3.59. The number of halogens is 1. The maximum absolute atomic E-state index is 5.23. The third-order valence-corrected chi connectivity index (χ3v) is 2.49. The molecule has 0 atom stereocenters. The largest absolute Gasteiger partial charge is 0.175 e. The summed E-state index contributed by atoms with van der Waals surface area (Å²) in [5, 5.41) is 0. The molecule has 0 aliphatic carbocycles. The van der Waals surface area contributed by atoms with Gasteiger partial charge in [-0.05, 0) is 45.9 Å². The molecular weight excluding hydrogens is 279 g/mol. The van der Waals surface area contributed by atoms with Crippen molar-refractivity contribution < 1.29 is 0 Å². The van der Waals surface area contributed by atoms with E-state index in [0.717, 1.165) is 5.75 Å². The summed E-state index contributed by atoms with van der Waals surface area (Å²) in [7, 11) is 0. The second kappa shape index (κ2) is 4.78. The van der Waals surface area contributed by atoms with Crippen molar-refractivity contribution in [3.05, 3.63) is 32.9 Å². The summed E-state index contributed by atoms with van der Waals surface area (Å²) in [5.74, 6) is 3.41. The molecule has 0 nitrogen and oxygen atoms in total. The van der Waals surface area contributed by atoms with Crippen molar-refractivity contribution in [2.75, 3.05) is 0 Å². The SMILES string of the molecule is C#CCc1cc(I)cc(CS)c1. The third-order valence-electron chi connectivity index (χ3n) is 1.51. The van der Waals surface area contributed by atoms with Gasteiger partial charge in [0.15, 0.2) is 0 Å². The van der Waals surface area contributed by atoms with Crippen molar-refractivity contribution in [1.29, 1.82) is 0 Å². The van der Waals surface area contributed by atoms with Crippen LogP contribution in [0.3, 0.4) is 0 Å². The van der Waals surface area contributed by atoms with E-state index in [-0.39, 0.29) is 0 Å². The highest BCUT2D eigenvalue weighted by atomic mass is 127. The molecule has 0 bridgehead atoms. The molecule has 0 spiro atoms. The Bertz CT molecular complexity index is 312. The minimum atomic E-state index is 0.706. The van der Waals surface area contributed by atoms with Crippen LogP contribution in [0.15, 0.2) is 18.2 Å². The van der Waals surface area contributed by atoms with Gasteiger partial charge in [0.05, 0.1) is 0 Å². The molecule has 0 radical (unpaired) electrons. The zero-order valence-corrected chi connectivity index (χ0v) is 9.60. The van der Waals surface area contributed by atoms with Crippen molar-refractivity contribution in [2.24, 2.45) is 0 Å². The van der Waals surface area contributed by atoms with Gasteiger partial charge in [0, 0.05) is 15.7 Å². The van der Waals surface area contributed by atoms with Crippen molar-refractivity contribution in [3.8, 4) is 12.3 Å². The monoisotopic (exact) mass is 288 g/mol. The summed E-state index contributed by atoms with van der Waals surface area (Å²) in [6.07, 6.45) is 5.94. The minimum absolute atomic E-state index is 0.706. The van der Waals surface area contributed by atoms with Gasteiger partial charge in [0.25, 0.3) is 0 Å². The molecule has 62 valence electrons. The van der Waals surface area contributed by atoms with Gasteiger partial charge in [-0.2, -0.15) is 12.6 Å². The lowest BCUT2D eigenvalue weighted by molar-refractivity contribution is 1.27. The Morgan fingerprint density at radius 2 is 2.00 bits per heavy atom. The summed E-state index contributed by atoms with van der Waals surface area (Å²) in [6, 6.07) is 6.33. The summed E-state index contributed by atoms with van der Waals surface area (Å²) in [6.45, 7) is 0. The van der Waals surface area contributed by atoms with Crippen LogP contribution in [0.25, 0.3) is 0 Å². The smallest absolute Gasteiger partial charge is 0.0338 e. The van der Waals surface area contributed by atoms with Crippen LogP contribution in [-0.2, 0) is 12.2 Å². The average Bonchev–Trinajstić information content (AvgIpc) is 2.04. The topological polar surface area (TPSA) is 0 Å². The van der Waals surface area contributed by atoms with Gasteiger partial charge < -0.3 is 0 Å². The molecular formula is C10H9IS. The zero-order chi connectivity index (χ0) is 8.97. The van der Waals surface area contributed by atoms with Crippen molar-refractivity contribution in [3.63, 3.8) is 0 Å². The van der Waals surface area contributed by atoms with Gasteiger partial charge >= 0.3 is 0 Å². The number of hydrogen-bond donors (Lipinski definition) is 1. The van der Waals surface area contributed by atoms with Crippen LogP contribution < -0.4 is 0 Å². The lowest BCUT2D eigenvalue weighted by Gasteiger charge is -2.01. The van der Waals surface area contributed by atoms with E-state index in [1.165, 1.54) is 14.7 Å². The summed E-state index contributed by atoms with van der Waals surface area (Å²) < 4.78 is 1.23. The highest BCUT2D eigenvalue weighted by Gasteiger charge is 1.96. The molecule has 1 aromatic carbocycles. The third kappa shape index (κ3) is 2.72. The number of thiol groups is 1. The normalized spacial score (nSPS) is 9.42. The van der Waals surface area contributed by atoms with E-state index in [4.69, 9.17) is 6.42 Å². The minimum Gasteiger partial charge on any atom is -0.175 e. The highest BCUT2D eigenvalue weighted by Crippen LogP contribution is 2.14. The van der Waals surface area contributed by atoms with E-state index in [1.807, 2.05) is 0 Å². The van der Waals surface area contributed by atoms with E-state index in [2.05, 4.69) is 59.3 Å². The Balaban J connectivity index is 2.99. The fourth-order valence-corrected chi connectivity index (χ4v) is 2.01. The summed E-state index contributed by atoms with van der Waals surface area (Å²) in [4.78, 5) is 0. The van der Waals surface area contributed by atoms with Crippen LogP contribution in [0.2, 0.25) is 0 Å². The first-order valence-corrected chi connectivity index (χ1v) is 5.30. The molecule has 0 heterocycles. The quantitative estimate of drug-likeness (QED) is 0.483. The van der Waals surface area contributed by atoms with Gasteiger partial charge in [0.1, 0.15) is 0 Å². The van der Waals surface area contributed by atoms with E-state index in [0.29, 0.717) is 6.42 Å². The second-order valence-electron chi connectivity index (χ2n) is 2.51. The van der Waals surface area contributed by atoms with Gasteiger partial charge in [-0.1, -0.05) is 6.07 Å². The standard InChI is InChI=1S/C10H9IS/c1-2-3-8-4-9(7-12)6-10(11)5-8/h1,4-6,12H,3,7H2. The lowest BCUT2D eigenvalue weighted by Crippen LogP contribution is -1.87. The van der Waals surface area contributed by atoms with Crippen LogP contribution in [0.5, 0.6) is 0 Å². The van der Waals surface area contributed by atoms with Gasteiger partial charge in [-0.15, -0.1) is 12.3 Å². The van der Waals surface area contributed by atoms with Crippen LogP contribution >= 0.6 is 35.2 Å². The van der Waals surface area contributed by atoms with Crippen LogP contribution in [0.1, 0.15) is 11.1 Å². The zero-order valence-electron chi connectivity index (χ0n) is 6.55. The van der Waals surface area contributed by atoms with Crippen molar-refractivity contribution >= 4 is 35.2 Å². The van der Waals surface area contributed by atoms with Gasteiger partial charge in [-0.3, -0.25) is 0 Å². The molecule has 0 N–H and O–H groups in total. The number of terminal acetylenes is 1. The van der Waals surface area contributed by atoms with E-state index >= 15 is 0 Å². The van der Waals surface area contributed by atoms with E-state index < -0.39 is 0 Å². The Labute approximate surface area is 92.3 Å². The van der Waals surface area contributed by atoms with Crippen LogP contribution in [0.4, 0.5) is 0 Å². The first kappa shape index (κ1) is 9.94. The fourth-order valence-electron chi connectivity index (χ4n) is 1.03. The molecule has 0 fully saturated rings.